The Bertz CT molecular complexity index is 874. The van der Waals surface area contributed by atoms with E-state index in [1.807, 2.05) is 37.3 Å². The summed E-state index contributed by atoms with van der Waals surface area (Å²) in [4.78, 5) is 48.5. The van der Waals surface area contributed by atoms with E-state index in [1.165, 1.54) is 16.7 Å². The minimum atomic E-state index is -0.647. The van der Waals surface area contributed by atoms with Gasteiger partial charge in [-0.3, -0.25) is 19.4 Å². The summed E-state index contributed by atoms with van der Waals surface area (Å²) >= 11 is 1.52. The summed E-state index contributed by atoms with van der Waals surface area (Å²) in [6, 6.07) is 9.27. The number of Topliss-reactive ketones (excluding diaryl/α,β-unsaturated/α-hetero) is 1. The average Bonchev–Trinajstić information content (AvgIpc) is 3.33. The number of amidine groups is 1. The Morgan fingerprint density at radius 3 is 2.81 bits per heavy atom. The average molecular weight is 460 g/mol. The van der Waals surface area contributed by atoms with Crippen LogP contribution in [0.25, 0.3) is 0 Å². The highest BCUT2D eigenvalue weighted by atomic mass is 32.2. The number of thioether (sulfide) groups is 1. The number of amides is 2. The van der Waals surface area contributed by atoms with Gasteiger partial charge in [0.15, 0.2) is 11.6 Å². The Balaban J connectivity index is 1.44. The Morgan fingerprint density at radius 1 is 1.28 bits per heavy atom. The molecule has 2 aliphatic heterocycles. The van der Waals surface area contributed by atoms with Crippen molar-refractivity contribution in [1.82, 2.24) is 15.5 Å². The molecular weight excluding hydrogens is 430 g/mol. The number of hydrogen-bond donors (Lipinski definition) is 2. The lowest BCUT2D eigenvalue weighted by molar-refractivity contribution is -0.137. The van der Waals surface area contributed by atoms with Gasteiger partial charge in [0.2, 0.25) is 5.91 Å². The lowest BCUT2D eigenvalue weighted by Gasteiger charge is -2.32. The third-order valence-corrected chi connectivity index (χ3v) is 6.17. The predicted molar refractivity (Wildman–Crippen MR) is 125 cm³/mol. The van der Waals surface area contributed by atoms with Gasteiger partial charge in [-0.1, -0.05) is 42.4 Å². The summed E-state index contributed by atoms with van der Waals surface area (Å²) in [5.74, 6) is 0.601. The zero-order valence-electron chi connectivity index (χ0n) is 18.2. The smallest absolute Gasteiger partial charge is 0.289 e. The molecule has 0 radical (unpaired) electrons. The topological polar surface area (TPSA) is 112 Å². The highest BCUT2D eigenvalue weighted by molar-refractivity contribution is 7.99. The van der Waals surface area contributed by atoms with Crippen LogP contribution < -0.4 is 10.6 Å². The molecule has 2 amide bonds. The standard InChI is InChI=1S/C22H29N5O4S/c1-2-19(21(29)25-13-18(28)15-32-14-16-6-4-3-5-7-16)27-10-9-23-20(22(27)30)24-12-17-8-11-31-26-17/h3-7,19H,2,8-15H2,1H3,(H,23,24)(H,25,29). The van der Waals surface area contributed by atoms with E-state index < -0.39 is 6.04 Å². The van der Waals surface area contributed by atoms with Crippen molar-refractivity contribution < 1.29 is 19.2 Å². The van der Waals surface area contributed by atoms with E-state index >= 15 is 0 Å². The maximum absolute atomic E-state index is 12.9. The maximum atomic E-state index is 12.9. The second-order valence-corrected chi connectivity index (χ2v) is 8.47. The molecule has 1 aromatic rings. The number of nitrogens with zero attached hydrogens (tertiary/aromatic N) is 3. The van der Waals surface area contributed by atoms with E-state index in [4.69, 9.17) is 4.84 Å². The quantitative estimate of drug-likeness (QED) is 0.510. The summed E-state index contributed by atoms with van der Waals surface area (Å²) < 4.78 is 0. The van der Waals surface area contributed by atoms with E-state index in [-0.39, 0.29) is 30.0 Å². The maximum Gasteiger partial charge on any atom is 0.289 e. The SMILES string of the molecule is CCC(C(=O)NCC(=O)CSCc1ccccc1)N1CCN=C(NCC2=NOCC2)C1=O. The fourth-order valence-electron chi connectivity index (χ4n) is 3.41. The van der Waals surface area contributed by atoms with Gasteiger partial charge in [-0.2, -0.15) is 0 Å². The minimum absolute atomic E-state index is 0.0435. The van der Waals surface area contributed by atoms with Crippen LogP contribution in [-0.2, 0) is 25.0 Å². The van der Waals surface area contributed by atoms with Crippen molar-refractivity contribution in [3.63, 3.8) is 0 Å². The molecule has 0 bridgehead atoms. The van der Waals surface area contributed by atoms with Gasteiger partial charge in [0.25, 0.3) is 5.91 Å². The van der Waals surface area contributed by atoms with Crippen molar-refractivity contribution in [1.29, 1.82) is 0 Å². The van der Waals surface area contributed by atoms with Crippen molar-refractivity contribution in [3.8, 4) is 0 Å². The zero-order chi connectivity index (χ0) is 22.8. The van der Waals surface area contributed by atoms with Crippen LogP contribution in [0.1, 0.15) is 25.3 Å². The molecule has 0 spiro atoms. The zero-order valence-corrected chi connectivity index (χ0v) is 19.0. The van der Waals surface area contributed by atoms with Gasteiger partial charge in [0.05, 0.1) is 31.1 Å². The van der Waals surface area contributed by atoms with Crippen molar-refractivity contribution in [2.75, 3.05) is 38.5 Å². The van der Waals surface area contributed by atoms with Gasteiger partial charge in [0.1, 0.15) is 12.6 Å². The largest absolute Gasteiger partial charge is 0.395 e. The van der Waals surface area contributed by atoms with Crippen molar-refractivity contribution in [2.24, 2.45) is 10.1 Å². The minimum Gasteiger partial charge on any atom is -0.395 e. The van der Waals surface area contributed by atoms with Crippen LogP contribution in [0.5, 0.6) is 0 Å². The fraction of sp³-hybridized carbons (Fsp3) is 0.500. The molecule has 0 fully saturated rings. The van der Waals surface area contributed by atoms with Gasteiger partial charge in [-0.25, -0.2) is 0 Å². The Morgan fingerprint density at radius 2 is 2.09 bits per heavy atom. The van der Waals surface area contributed by atoms with Crippen LogP contribution in [0.4, 0.5) is 0 Å². The molecule has 10 heteroatoms. The van der Waals surface area contributed by atoms with Gasteiger partial charge >= 0.3 is 0 Å². The van der Waals surface area contributed by atoms with E-state index in [0.29, 0.717) is 38.4 Å². The normalized spacial score (nSPS) is 16.7. The van der Waals surface area contributed by atoms with E-state index in [1.54, 1.807) is 0 Å². The third-order valence-electron chi connectivity index (χ3n) is 5.11. The number of rotatable bonds is 11. The summed E-state index contributed by atoms with van der Waals surface area (Å²) in [6.45, 7) is 3.51. The lowest BCUT2D eigenvalue weighted by Crippen LogP contribution is -2.57. The van der Waals surface area contributed by atoms with Crippen LogP contribution in [0.15, 0.2) is 40.5 Å². The monoisotopic (exact) mass is 459 g/mol. The number of nitrogens with one attached hydrogen (secondary N) is 2. The first-order chi connectivity index (χ1) is 15.6. The van der Waals surface area contributed by atoms with E-state index in [0.717, 1.165) is 23.4 Å². The molecule has 0 saturated heterocycles. The van der Waals surface area contributed by atoms with Gasteiger partial charge in [0, 0.05) is 18.7 Å². The van der Waals surface area contributed by atoms with Crippen LogP contribution in [0.3, 0.4) is 0 Å². The molecule has 2 N–H and O–H groups in total. The molecule has 9 nitrogen and oxygen atoms in total. The molecule has 2 aliphatic rings. The van der Waals surface area contributed by atoms with Gasteiger partial charge in [-0.05, 0) is 12.0 Å². The van der Waals surface area contributed by atoms with Crippen molar-refractivity contribution >= 4 is 40.9 Å². The molecule has 0 aliphatic carbocycles. The summed E-state index contributed by atoms with van der Waals surface area (Å²) in [5, 5.41) is 9.61. The Hall–Kier alpha value is -2.88. The molecule has 3 rings (SSSR count). The first kappa shape index (κ1) is 23.8. The van der Waals surface area contributed by atoms with Gasteiger partial charge in [-0.15, -0.1) is 11.8 Å². The van der Waals surface area contributed by atoms with Crippen molar-refractivity contribution in [3.05, 3.63) is 35.9 Å². The number of aliphatic imine (C=N–C) groups is 1. The van der Waals surface area contributed by atoms with Crippen LogP contribution in [-0.4, -0.2) is 78.6 Å². The number of oxime groups is 1. The number of hydrogen-bond acceptors (Lipinski definition) is 8. The molecular formula is C22H29N5O4S. The predicted octanol–water partition coefficient (Wildman–Crippen LogP) is 0.990. The molecule has 1 atom stereocenters. The molecule has 0 saturated carbocycles. The second-order valence-electron chi connectivity index (χ2n) is 7.48. The third kappa shape index (κ3) is 6.81. The van der Waals surface area contributed by atoms with Crippen LogP contribution in [0, 0.1) is 0 Å². The fourth-order valence-corrected chi connectivity index (χ4v) is 4.27. The van der Waals surface area contributed by atoms with E-state index in [2.05, 4.69) is 20.8 Å². The summed E-state index contributed by atoms with van der Waals surface area (Å²) in [6.07, 6.45) is 1.16. The number of carbonyl (C=O) groups excluding carboxylic acids is 3. The Kier molecular flexibility index (Phi) is 9.09. The first-order valence-electron chi connectivity index (χ1n) is 10.8. The number of ketones is 1. The molecule has 32 heavy (non-hydrogen) atoms. The molecule has 1 aromatic carbocycles. The van der Waals surface area contributed by atoms with E-state index in [9.17, 15) is 14.4 Å². The highest BCUT2D eigenvalue weighted by Crippen LogP contribution is 2.12. The Labute approximate surface area is 192 Å². The number of benzene rings is 1. The van der Waals surface area contributed by atoms with Crippen molar-refractivity contribution in [2.45, 2.75) is 31.6 Å². The molecule has 1 unspecified atom stereocenters. The second kappa shape index (κ2) is 12.2. The van der Waals surface area contributed by atoms with Crippen LogP contribution in [0.2, 0.25) is 0 Å². The summed E-state index contributed by atoms with van der Waals surface area (Å²) in [7, 11) is 0. The van der Waals surface area contributed by atoms with Crippen LogP contribution >= 0.6 is 11.8 Å². The molecule has 0 aromatic heterocycles. The highest BCUT2D eigenvalue weighted by Gasteiger charge is 2.33. The first-order valence-corrected chi connectivity index (χ1v) is 11.9. The summed E-state index contributed by atoms with van der Waals surface area (Å²) in [5.41, 5.74) is 1.98. The van der Waals surface area contributed by atoms with Gasteiger partial charge < -0.3 is 20.4 Å². The molecule has 172 valence electrons. The lowest BCUT2D eigenvalue weighted by atomic mass is 10.1. The number of carbonyl (C=O) groups is 3. The molecule has 2 heterocycles.